The molecule has 2 saturated heterocycles. The molecule has 0 atom stereocenters. The van der Waals surface area contributed by atoms with Crippen molar-refractivity contribution in [3.05, 3.63) is 11.8 Å². The van der Waals surface area contributed by atoms with Crippen molar-refractivity contribution < 1.29 is 0 Å². The lowest BCUT2D eigenvalue weighted by molar-refractivity contribution is -0.0669. The summed E-state index contributed by atoms with van der Waals surface area (Å²) in [7, 11) is 0. The lowest BCUT2D eigenvalue weighted by Gasteiger charge is -2.42. The molecule has 0 saturated carbocycles. The van der Waals surface area contributed by atoms with E-state index in [4.69, 9.17) is 0 Å². The Kier molecular flexibility index (Phi) is 4.18. The van der Waals surface area contributed by atoms with E-state index in [0.717, 1.165) is 13.1 Å². The number of hydrogen-bond donors (Lipinski definition) is 1. The molecular formula is C14H26N4. The average Bonchev–Trinajstić information content (AvgIpc) is 2.94. The van der Waals surface area contributed by atoms with Gasteiger partial charge in [0.15, 0.2) is 0 Å². The van der Waals surface area contributed by atoms with E-state index in [0.29, 0.717) is 0 Å². The minimum absolute atomic E-state index is 1.13. The van der Waals surface area contributed by atoms with Crippen LogP contribution in [0, 0.1) is 0 Å². The lowest BCUT2D eigenvalue weighted by atomic mass is 10.1. The maximum Gasteiger partial charge on any atom is 0.0379 e. The van der Waals surface area contributed by atoms with E-state index in [1.54, 1.807) is 0 Å². The fourth-order valence-corrected chi connectivity index (χ4v) is 3.25. The number of hydrazine groups is 1. The van der Waals surface area contributed by atoms with Crippen LogP contribution in [-0.4, -0.2) is 67.3 Å². The van der Waals surface area contributed by atoms with Gasteiger partial charge in [-0.05, 0) is 19.3 Å². The number of nitrogens with zero attached hydrogens (tertiary/aromatic N) is 3. The summed E-state index contributed by atoms with van der Waals surface area (Å²) in [6.45, 7) is 9.71. The van der Waals surface area contributed by atoms with Gasteiger partial charge in [-0.2, -0.15) is 0 Å². The van der Waals surface area contributed by atoms with Crippen molar-refractivity contribution in [2.75, 3.05) is 52.4 Å². The molecule has 3 aliphatic heterocycles. The molecule has 0 aromatic carbocycles. The fraction of sp³-hybridized carbons (Fsp3) is 0.857. The van der Waals surface area contributed by atoms with Crippen molar-refractivity contribution in [3.8, 4) is 0 Å². The molecule has 0 bridgehead atoms. The number of rotatable bonds is 3. The first-order valence-electron chi connectivity index (χ1n) is 7.57. The molecule has 0 unspecified atom stereocenters. The molecule has 0 aliphatic carbocycles. The third kappa shape index (κ3) is 3.05. The van der Waals surface area contributed by atoms with Gasteiger partial charge in [-0.3, -0.25) is 4.90 Å². The summed E-state index contributed by atoms with van der Waals surface area (Å²) in [5, 5.41) is 8.65. The largest absolute Gasteiger partial charge is 0.387 e. The highest BCUT2D eigenvalue weighted by Crippen LogP contribution is 2.14. The second kappa shape index (κ2) is 6.04. The van der Waals surface area contributed by atoms with Crippen molar-refractivity contribution in [3.63, 3.8) is 0 Å². The van der Waals surface area contributed by atoms with Crippen molar-refractivity contribution in [2.24, 2.45) is 0 Å². The first-order valence-corrected chi connectivity index (χ1v) is 7.57. The quantitative estimate of drug-likeness (QED) is 0.803. The number of piperazine rings is 1. The smallest absolute Gasteiger partial charge is 0.0379 e. The molecule has 3 rings (SSSR count). The van der Waals surface area contributed by atoms with Crippen LogP contribution in [0.25, 0.3) is 0 Å². The van der Waals surface area contributed by atoms with Crippen LogP contribution in [0.4, 0.5) is 0 Å². The molecule has 0 spiro atoms. The topological polar surface area (TPSA) is 21.8 Å². The van der Waals surface area contributed by atoms with Gasteiger partial charge in [0.2, 0.25) is 0 Å². The van der Waals surface area contributed by atoms with E-state index in [1.165, 1.54) is 70.6 Å². The van der Waals surface area contributed by atoms with Gasteiger partial charge in [0.05, 0.1) is 0 Å². The molecule has 102 valence electrons. The van der Waals surface area contributed by atoms with Crippen LogP contribution < -0.4 is 5.32 Å². The van der Waals surface area contributed by atoms with Crippen molar-refractivity contribution >= 4 is 0 Å². The van der Waals surface area contributed by atoms with Crippen LogP contribution in [-0.2, 0) is 0 Å². The van der Waals surface area contributed by atoms with Crippen LogP contribution in [0.1, 0.15) is 25.7 Å². The zero-order valence-corrected chi connectivity index (χ0v) is 11.4. The second-order valence-electron chi connectivity index (χ2n) is 5.69. The van der Waals surface area contributed by atoms with Crippen molar-refractivity contribution in [1.29, 1.82) is 0 Å². The highest BCUT2D eigenvalue weighted by atomic mass is 15.6. The molecule has 0 amide bonds. The number of nitrogens with one attached hydrogen (secondary N) is 1. The number of hydrogen-bond acceptors (Lipinski definition) is 4. The highest BCUT2D eigenvalue weighted by molar-refractivity contribution is 5.07. The summed E-state index contributed by atoms with van der Waals surface area (Å²) >= 11 is 0. The predicted octanol–water partition coefficient (Wildman–Crippen LogP) is 0.882. The van der Waals surface area contributed by atoms with Gasteiger partial charge in [0.25, 0.3) is 0 Å². The molecular weight excluding hydrogens is 224 g/mol. The Balaban J connectivity index is 1.42. The summed E-state index contributed by atoms with van der Waals surface area (Å²) in [4.78, 5) is 2.59. The molecule has 0 radical (unpaired) electrons. The van der Waals surface area contributed by atoms with Crippen LogP contribution in [0.3, 0.4) is 0 Å². The molecule has 4 nitrogen and oxygen atoms in total. The summed E-state index contributed by atoms with van der Waals surface area (Å²) in [6, 6.07) is 0. The summed E-state index contributed by atoms with van der Waals surface area (Å²) in [6.07, 6.45) is 7.77. The van der Waals surface area contributed by atoms with Gasteiger partial charge in [-0.1, -0.05) is 12.5 Å². The Bertz CT molecular complexity index is 288. The Hall–Kier alpha value is -0.580. The predicted molar refractivity (Wildman–Crippen MR) is 74.1 cm³/mol. The fourth-order valence-electron chi connectivity index (χ4n) is 3.25. The van der Waals surface area contributed by atoms with Crippen LogP contribution >= 0.6 is 0 Å². The maximum absolute atomic E-state index is 3.47. The third-order valence-electron chi connectivity index (χ3n) is 4.36. The minimum atomic E-state index is 1.13. The molecule has 0 aromatic heterocycles. The summed E-state index contributed by atoms with van der Waals surface area (Å²) in [5.41, 5.74) is 1.45. The van der Waals surface area contributed by atoms with Gasteiger partial charge >= 0.3 is 0 Å². The Morgan fingerprint density at radius 2 is 1.61 bits per heavy atom. The molecule has 3 aliphatic rings. The van der Waals surface area contributed by atoms with Gasteiger partial charge in [0, 0.05) is 58.1 Å². The number of piperidine rings is 1. The van der Waals surface area contributed by atoms with E-state index in [2.05, 4.69) is 26.3 Å². The van der Waals surface area contributed by atoms with E-state index < -0.39 is 0 Å². The Labute approximate surface area is 111 Å². The molecule has 0 aromatic rings. The zero-order chi connectivity index (χ0) is 12.2. The van der Waals surface area contributed by atoms with E-state index in [9.17, 15) is 0 Å². The van der Waals surface area contributed by atoms with E-state index in [-0.39, 0.29) is 0 Å². The van der Waals surface area contributed by atoms with Crippen LogP contribution in [0.5, 0.6) is 0 Å². The van der Waals surface area contributed by atoms with E-state index >= 15 is 0 Å². The summed E-state index contributed by atoms with van der Waals surface area (Å²) < 4.78 is 0. The molecule has 4 heteroatoms. The standard InChI is InChI=1S/C14H26N4/c1-2-7-17(8-3-1)18-11-9-16(10-12-18)13-14-5-4-6-15-14/h5,15H,1-4,6-13H2. The van der Waals surface area contributed by atoms with Gasteiger partial charge in [-0.15, -0.1) is 0 Å². The summed E-state index contributed by atoms with van der Waals surface area (Å²) in [5.74, 6) is 0. The zero-order valence-electron chi connectivity index (χ0n) is 11.4. The monoisotopic (exact) mass is 250 g/mol. The molecule has 1 N–H and O–H groups in total. The third-order valence-corrected chi connectivity index (χ3v) is 4.36. The molecule has 2 fully saturated rings. The first-order chi connectivity index (χ1) is 8.92. The molecule has 18 heavy (non-hydrogen) atoms. The minimum Gasteiger partial charge on any atom is -0.387 e. The Morgan fingerprint density at radius 3 is 2.28 bits per heavy atom. The van der Waals surface area contributed by atoms with Crippen LogP contribution in [0.15, 0.2) is 11.8 Å². The lowest BCUT2D eigenvalue weighted by Crippen LogP contribution is -2.55. The van der Waals surface area contributed by atoms with Gasteiger partial charge in [-0.25, -0.2) is 10.0 Å². The SMILES string of the molecule is C1=C(CN2CCN(N3CCCCC3)CC2)NCC1. The molecule has 3 heterocycles. The Morgan fingerprint density at radius 1 is 0.889 bits per heavy atom. The van der Waals surface area contributed by atoms with Gasteiger partial charge < -0.3 is 5.32 Å². The average molecular weight is 250 g/mol. The van der Waals surface area contributed by atoms with Crippen LogP contribution in [0.2, 0.25) is 0 Å². The highest BCUT2D eigenvalue weighted by Gasteiger charge is 2.23. The maximum atomic E-state index is 3.47. The van der Waals surface area contributed by atoms with Gasteiger partial charge in [0.1, 0.15) is 0 Å². The normalized spacial score (nSPS) is 28.1. The van der Waals surface area contributed by atoms with E-state index in [1.807, 2.05) is 0 Å². The second-order valence-corrected chi connectivity index (χ2v) is 5.69. The first kappa shape index (κ1) is 12.5. The van der Waals surface area contributed by atoms with Crippen molar-refractivity contribution in [1.82, 2.24) is 20.2 Å². The van der Waals surface area contributed by atoms with Crippen molar-refractivity contribution in [2.45, 2.75) is 25.7 Å².